The highest BCUT2D eigenvalue weighted by Crippen LogP contribution is 2.31. The van der Waals surface area contributed by atoms with Crippen molar-refractivity contribution >= 4 is 26.8 Å². The Morgan fingerprint density at radius 3 is 2.41 bits per heavy atom. The molecule has 0 radical (unpaired) electrons. The molecule has 1 aliphatic heterocycles. The van der Waals surface area contributed by atoms with Crippen LogP contribution in [0.3, 0.4) is 0 Å². The number of likely N-dealkylation sites (tertiary alicyclic amines) is 1. The van der Waals surface area contributed by atoms with E-state index in [0.717, 1.165) is 24.1 Å². The van der Waals surface area contributed by atoms with Crippen LogP contribution in [0, 0.1) is 11.3 Å². The van der Waals surface area contributed by atoms with E-state index in [0.29, 0.717) is 35.0 Å². The van der Waals surface area contributed by atoms with Gasteiger partial charge in [-0.1, -0.05) is 12.1 Å². The first-order valence-corrected chi connectivity index (χ1v) is 14.5. The molecular weight excluding hydrogens is 538 g/mol. The molecule has 5 aromatic rings. The van der Waals surface area contributed by atoms with Crippen LogP contribution in [0.2, 0.25) is 0 Å². The van der Waals surface area contributed by atoms with Gasteiger partial charge in [0, 0.05) is 53.4 Å². The van der Waals surface area contributed by atoms with Crippen LogP contribution < -0.4 is 4.18 Å². The van der Waals surface area contributed by atoms with E-state index in [2.05, 4.69) is 20.6 Å². The summed E-state index contributed by atoms with van der Waals surface area (Å²) < 4.78 is 33.8. The fraction of sp³-hybridized carbons (Fsp3) is 0.161. The molecule has 3 heterocycles. The maximum atomic E-state index is 13.1. The second-order valence-electron chi connectivity index (χ2n) is 9.81. The second-order valence-corrected chi connectivity index (χ2v) is 11.3. The van der Waals surface area contributed by atoms with Crippen molar-refractivity contribution in [3.05, 3.63) is 109 Å². The lowest BCUT2D eigenvalue weighted by atomic mass is 10.0. The largest absolute Gasteiger partial charge is 0.379 e. The van der Waals surface area contributed by atoms with Gasteiger partial charge in [0.15, 0.2) is 0 Å². The van der Waals surface area contributed by atoms with Crippen LogP contribution in [0.5, 0.6) is 5.75 Å². The molecule has 0 unspecified atom stereocenters. The lowest BCUT2D eigenvalue weighted by Gasteiger charge is -2.33. The van der Waals surface area contributed by atoms with E-state index in [-0.39, 0.29) is 22.6 Å². The first-order valence-electron chi connectivity index (χ1n) is 13.1. The molecule has 2 aromatic heterocycles. The molecule has 0 saturated carbocycles. The standard InChI is InChI=1S/C31H25N5O4S/c32-18-22-4-6-24(7-5-22)31(37)35-16-13-26(14-17-35)36-21-34-20-29(36)23-8-10-27(11-9-23)40-41(38,39)30-3-1-2-25-19-33-15-12-28(25)30/h1-12,15,19-21,26H,13-14,16-17H2. The number of fused-ring (bicyclic) bond motifs is 1. The zero-order valence-electron chi connectivity index (χ0n) is 21.9. The summed E-state index contributed by atoms with van der Waals surface area (Å²) in [5.41, 5.74) is 2.88. The van der Waals surface area contributed by atoms with Gasteiger partial charge in [0.1, 0.15) is 10.6 Å². The maximum absolute atomic E-state index is 13.1. The highest BCUT2D eigenvalue weighted by atomic mass is 32.2. The van der Waals surface area contributed by atoms with E-state index in [1.165, 1.54) is 6.07 Å². The number of rotatable bonds is 6. The highest BCUT2D eigenvalue weighted by molar-refractivity contribution is 7.87. The number of amides is 1. The van der Waals surface area contributed by atoms with Crippen LogP contribution in [0.25, 0.3) is 22.0 Å². The Morgan fingerprint density at radius 1 is 0.927 bits per heavy atom. The molecular formula is C31H25N5O4S. The van der Waals surface area contributed by atoms with Gasteiger partial charge in [0.05, 0.1) is 29.9 Å². The Morgan fingerprint density at radius 2 is 1.68 bits per heavy atom. The van der Waals surface area contributed by atoms with Crippen molar-refractivity contribution in [1.29, 1.82) is 5.26 Å². The molecule has 1 aliphatic rings. The molecule has 41 heavy (non-hydrogen) atoms. The summed E-state index contributed by atoms with van der Waals surface area (Å²) >= 11 is 0. The summed E-state index contributed by atoms with van der Waals surface area (Å²) in [6.45, 7) is 1.21. The van der Waals surface area contributed by atoms with Crippen molar-refractivity contribution in [2.75, 3.05) is 13.1 Å². The number of carbonyl (C=O) groups is 1. The third-order valence-corrected chi connectivity index (χ3v) is 8.64. The number of nitrogens with zero attached hydrogens (tertiary/aromatic N) is 5. The number of nitriles is 1. The van der Waals surface area contributed by atoms with Crippen LogP contribution in [0.4, 0.5) is 0 Å². The third-order valence-electron chi connectivity index (χ3n) is 7.34. The minimum Gasteiger partial charge on any atom is -0.379 e. The molecule has 6 rings (SSSR count). The molecule has 1 saturated heterocycles. The maximum Gasteiger partial charge on any atom is 0.339 e. The average molecular weight is 564 g/mol. The number of benzene rings is 3. The van der Waals surface area contributed by atoms with Crippen molar-refractivity contribution in [2.24, 2.45) is 0 Å². The molecule has 0 spiro atoms. The zero-order chi connectivity index (χ0) is 28.4. The quantitative estimate of drug-likeness (QED) is 0.260. The van der Waals surface area contributed by atoms with Crippen molar-refractivity contribution in [1.82, 2.24) is 19.4 Å². The lowest BCUT2D eigenvalue weighted by Crippen LogP contribution is -2.39. The molecule has 3 aromatic carbocycles. The predicted octanol–water partition coefficient (Wildman–Crippen LogP) is 5.21. The topological polar surface area (TPSA) is 118 Å². The van der Waals surface area contributed by atoms with Crippen LogP contribution in [0.1, 0.15) is 34.8 Å². The summed E-state index contributed by atoms with van der Waals surface area (Å²) in [6, 6.07) is 22.5. The van der Waals surface area contributed by atoms with Crippen molar-refractivity contribution < 1.29 is 17.4 Å². The SMILES string of the molecule is N#Cc1ccc(C(=O)N2CCC(n3cncc3-c3ccc(OS(=O)(=O)c4cccc5cnccc45)cc3)CC2)cc1. The normalized spacial score (nSPS) is 14.1. The Labute approximate surface area is 237 Å². The first-order chi connectivity index (χ1) is 19.9. The third kappa shape index (κ3) is 5.27. The molecule has 0 atom stereocenters. The van der Waals surface area contributed by atoms with Gasteiger partial charge in [-0.25, -0.2) is 4.98 Å². The van der Waals surface area contributed by atoms with Crippen molar-refractivity contribution in [3.8, 4) is 23.1 Å². The van der Waals surface area contributed by atoms with E-state index in [4.69, 9.17) is 9.44 Å². The molecule has 9 nitrogen and oxygen atoms in total. The monoisotopic (exact) mass is 563 g/mol. The summed E-state index contributed by atoms with van der Waals surface area (Å²) in [7, 11) is -4.06. The Balaban J connectivity index is 1.14. The Hall–Kier alpha value is -5.01. The summed E-state index contributed by atoms with van der Waals surface area (Å²) in [6.07, 6.45) is 8.28. The molecule has 10 heteroatoms. The van der Waals surface area contributed by atoms with Gasteiger partial charge < -0.3 is 13.7 Å². The number of imidazole rings is 1. The summed E-state index contributed by atoms with van der Waals surface area (Å²) in [4.78, 5) is 23.3. The van der Waals surface area contributed by atoms with Gasteiger partial charge in [0.25, 0.3) is 5.91 Å². The number of hydrogen-bond donors (Lipinski definition) is 0. The second kappa shape index (κ2) is 10.9. The molecule has 0 bridgehead atoms. The molecule has 1 fully saturated rings. The fourth-order valence-corrected chi connectivity index (χ4v) is 6.35. The van der Waals surface area contributed by atoms with Crippen LogP contribution >= 0.6 is 0 Å². The molecule has 0 N–H and O–H groups in total. The van der Waals surface area contributed by atoms with Crippen molar-refractivity contribution in [2.45, 2.75) is 23.8 Å². The number of carbonyl (C=O) groups excluding carboxylic acids is 1. The molecule has 1 amide bonds. The minimum atomic E-state index is -4.06. The van der Waals surface area contributed by atoms with Crippen molar-refractivity contribution in [3.63, 3.8) is 0 Å². The minimum absolute atomic E-state index is 0.0375. The van der Waals surface area contributed by atoms with E-state index in [9.17, 15) is 13.2 Å². The Kier molecular flexibility index (Phi) is 6.95. The summed E-state index contributed by atoms with van der Waals surface area (Å²) in [5.74, 6) is 0.171. The summed E-state index contributed by atoms with van der Waals surface area (Å²) in [5, 5.41) is 10.3. The smallest absolute Gasteiger partial charge is 0.339 e. The fourth-order valence-electron chi connectivity index (χ4n) is 5.20. The van der Waals surface area contributed by atoms with E-state index >= 15 is 0 Å². The van der Waals surface area contributed by atoms with E-state index in [1.807, 2.05) is 17.0 Å². The van der Waals surface area contributed by atoms with Gasteiger partial charge in [-0.15, -0.1) is 0 Å². The predicted molar refractivity (Wildman–Crippen MR) is 153 cm³/mol. The number of pyridine rings is 1. The van der Waals surface area contributed by atoms with Gasteiger partial charge in [0.2, 0.25) is 0 Å². The first kappa shape index (κ1) is 26.2. The molecule has 204 valence electrons. The van der Waals surface area contributed by atoms with Gasteiger partial charge in [-0.2, -0.15) is 13.7 Å². The van der Waals surface area contributed by atoms with Crippen LogP contribution in [-0.4, -0.2) is 46.8 Å². The average Bonchev–Trinajstić information content (AvgIpc) is 3.51. The van der Waals surface area contributed by atoms with Crippen LogP contribution in [-0.2, 0) is 10.1 Å². The van der Waals surface area contributed by atoms with Gasteiger partial charge in [-0.3, -0.25) is 9.78 Å². The zero-order valence-corrected chi connectivity index (χ0v) is 22.7. The van der Waals surface area contributed by atoms with Crippen LogP contribution in [0.15, 0.2) is 103 Å². The van der Waals surface area contributed by atoms with E-state index < -0.39 is 10.1 Å². The number of hydrogen-bond acceptors (Lipinski definition) is 7. The number of piperidine rings is 1. The van der Waals surface area contributed by atoms with Gasteiger partial charge in [-0.05, 0) is 73.5 Å². The van der Waals surface area contributed by atoms with Gasteiger partial charge >= 0.3 is 10.1 Å². The molecule has 0 aliphatic carbocycles. The highest BCUT2D eigenvalue weighted by Gasteiger charge is 2.26. The Bertz CT molecular complexity index is 1860. The number of aromatic nitrogens is 3. The van der Waals surface area contributed by atoms with E-state index in [1.54, 1.807) is 79.5 Å². The lowest BCUT2D eigenvalue weighted by molar-refractivity contribution is 0.0695.